The second-order valence-corrected chi connectivity index (χ2v) is 9.45. The second-order valence-electron chi connectivity index (χ2n) is 7.22. The van der Waals surface area contributed by atoms with Crippen LogP contribution in [0.15, 0.2) is 18.2 Å². The number of carbonyl (C=O) groups excluding carboxylic acids is 1. The fourth-order valence-electron chi connectivity index (χ4n) is 3.51. The molecule has 162 valence electrons. The summed E-state index contributed by atoms with van der Waals surface area (Å²) in [7, 11) is -0.0556. The number of hydrogen-bond donors (Lipinski definition) is 1. The highest BCUT2D eigenvalue weighted by atomic mass is 32.2. The van der Waals surface area contributed by atoms with E-state index >= 15 is 0 Å². The zero-order valence-electron chi connectivity index (χ0n) is 16.9. The van der Waals surface area contributed by atoms with E-state index in [2.05, 4.69) is 0 Å². The molecule has 1 saturated heterocycles. The van der Waals surface area contributed by atoms with E-state index in [1.807, 2.05) is 4.90 Å². The molecule has 1 aromatic carbocycles. The molecule has 29 heavy (non-hydrogen) atoms. The van der Waals surface area contributed by atoms with Crippen LogP contribution in [0, 0.1) is 0 Å². The van der Waals surface area contributed by atoms with Gasteiger partial charge in [0.15, 0.2) is 27.1 Å². The van der Waals surface area contributed by atoms with E-state index < -0.39 is 15.8 Å². The molecule has 0 spiro atoms. The van der Waals surface area contributed by atoms with Gasteiger partial charge >= 0.3 is 5.97 Å². The van der Waals surface area contributed by atoms with Crippen LogP contribution in [0.2, 0.25) is 0 Å². The normalized spacial score (nSPS) is 18.0. The van der Waals surface area contributed by atoms with Crippen LogP contribution in [-0.2, 0) is 14.6 Å². The van der Waals surface area contributed by atoms with Crippen LogP contribution >= 0.6 is 0 Å². The van der Waals surface area contributed by atoms with E-state index in [-0.39, 0.29) is 36.3 Å². The average molecular weight is 428 g/mol. The molecule has 8 nitrogen and oxygen atoms in total. The van der Waals surface area contributed by atoms with Gasteiger partial charge in [-0.3, -0.25) is 14.5 Å². The number of nitrogens with zero attached hydrogens (tertiary/aromatic N) is 1. The van der Waals surface area contributed by atoms with E-state index in [4.69, 9.17) is 14.6 Å². The summed E-state index contributed by atoms with van der Waals surface area (Å²) in [4.78, 5) is 25.4. The van der Waals surface area contributed by atoms with Crippen molar-refractivity contribution in [3.8, 4) is 11.5 Å². The minimum Gasteiger partial charge on any atom is -0.493 e. The summed E-state index contributed by atoms with van der Waals surface area (Å²) >= 11 is 0. The van der Waals surface area contributed by atoms with Crippen molar-refractivity contribution in [2.45, 2.75) is 38.1 Å². The predicted octanol–water partition coefficient (Wildman–Crippen LogP) is 2.02. The molecule has 0 unspecified atom stereocenters. The Bertz CT molecular complexity index is 822. The fourth-order valence-corrected chi connectivity index (χ4v) is 5.27. The first-order chi connectivity index (χ1) is 13.8. The zero-order valence-corrected chi connectivity index (χ0v) is 17.7. The van der Waals surface area contributed by atoms with Crippen LogP contribution in [0.25, 0.3) is 0 Å². The number of aliphatic carboxylic acids is 1. The average Bonchev–Trinajstić information content (AvgIpc) is 3.05. The highest BCUT2D eigenvalue weighted by Crippen LogP contribution is 2.28. The van der Waals surface area contributed by atoms with Gasteiger partial charge in [-0.1, -0.05) is 6.42 Å². The summed E-state index contributed by atoms with van der Waals surface area (Å²) in [5, 5.41) is 8.74. The number of carbonyl (C=O) groups is 2. The van der Waals surface area contributed by atoms with Crippen LogP contribution in [0.3, 0.4) is 0 Å². The molecule has 0 radical (unpaired) electrons. The monoisotopic (exact) mass is 427 g/mol. The number of Topliss-reactive ketones (excluding diaryl/α,β-unsaturated/α-hetero) is 1. The third-order valence-electron chi connectivity index (χ3n) is 5.11. The first-order valence-corrected chi connectivity index (χ1v) is 11.5. The number of hydrogen-bond acceptors (Lipinski definition) is 7. The lowest BCUT2D eigenvalue weighted by molar-refractivity contribution is -0.137. The summed E-state index contributed by atoms with van der Waals surface area (Å²) in [6.07, 6.45) is 2.62. The Hall–Kier alpha value is -2.13. The Morgan fingerprint density at radius 1 is 1.14 bits per heavy atom. The van der Waals surface area contributed by atoms with Gasteiger partial charge in [-0.15, -0.1) is 0 Å². The van der Waals surface area contributed by atoms with Gasteiger partial charge in [-0.05, 0) is 44.0 Å². The summed E-state index contributed by atoms with van der Waals surface area (Å²) < 4.78 is 34.2. The van der Waals surface area contributed by atoms with E-state index in [0.29, 0.717) is 49.3 Å². The molecule has 1 fully saturated rings. The molecule has 1 atom stereocenters. The van der Waals surface area contributed by atoms with Crippen LogP contribution in [0.5, 0.6) is 11.5 Å². The van der Waals surface area contributed by atoms with Crippen LogP contribution in [-0.4, -0.2) is 75.0 Å². The Morgan fingerprint density at radius 3 is 2.45 bits per heavy atom. The smallest absolute Gasteiger partial charge is 0.303 e. The maximum atomic E-state index is 12.9. The Kier molecular flexibility index (Phi) is 8.45. The van der Waals surface area contributed by atoms with Crippen LogP contribution < -0.4 is 9.47 Å². The number of ether oxygens (including phenoxy) is 2. The van der Waals surface area contributed by atoms with Gasteiger partial charge in [0.05, 0.1) is 32.3 Å². The van der Waals surface area contributed by atoms with Crippen molar-refractivity contribution in [1.82, 2.24) is 4.90 Å². The number of unbranched alkanes of at least 4 members (excludes halogenated alkanes) is 2. The van der Waals surface area contributed by atoms with E-state index in [1.54, 1.807) is 18.2 Å². The van der Waals surface area contributed by atoms with Gasteiger partial charge < -0.3 is 14.6 Å². The molecule has 1 aliphatic heterocycles. The van der Waals surface area contributed by atoms with Gasteiger partial charge in [-0.2, -0.15) is 0 Å². The summed E-state index contributed by atoms with van der Waals surface area (Å²) in [6, 6.07) is 4.77. The number of benzene rings is 1. The van der Waals surface area contributed by atoms with E-state index in [1.165, 1.54) is 14.2 Å². The largest absolute Gasteiger partial charge is 0.493 e. The zero-order chi connectivity index (χ0) is 21.4. The lowest BCUT2D eigenvalue weighted by Crippen LogP contribution is -2.40. The van der Waals surface area contributed by atoms with E-state index in [0.717, 1.165) is 0 Å². The van der Waals surface area contributed by atoms with Gasteiger partial charge in [0, 0.05) is 18.0 Å². The van der Waals surface area contributed by atoms with Crippen molar-refractivity contribution in [3.05, 3.63) is 23.8 Å². The quantitative estimate of drug-likeness (QED) is 0.398. The molecule has 0 aromatic heterocycles. The lowest BCUT2D eigenvalue weighted by Gasteiger charge is -2.27. The molecule has 1 aromatic rings. The van der Waals surface area contributed by atoms with Crippen LogP contribution in [0.1, 0.15) is 42.5 Å². The number of ketones is 1. The maximum absolute atomic E-state index is 12.9. The molecule has 0 bridgehead atoms. The van der Waals surface area contributed by atoms with E-state index in [9.17, 15) is 18.0 Å². The number of methoxy groups -OCH3 is 2. The lowest BCUT2D eigenvalue weighted by atomic mass is 10.1. The fraction of sp³-hybridized carbons (Fsp3) is 0.600. The topological polar surface area (TPSA) is 110 Å². The number of carboxylic acid groups (broad SMARTS) is 1. The van der Waals surface area contributed by atoms with Crippen molar-refractivity contribution in [3.63, 3.8) is 0 Å². The Labute approximate surface area is 171 Å². The molecule has 2 rings (SSSR count). The first kappa shape index (κ1) is 23.2. The molecule has 1 aliphatic rings. The second kappa shape index (κ2) is 10.6. The predicted molar refractivity (Wildman–Crippen MR) is 109 cm³/mol. The van der Waals surface area contributed by atoms with Crippen molar-refractivity contribution in [1.29, 1.82) is 0 Å². The SMILES string of the molecule is COc1ccc(C(=O)CN(CCCCCC(=O)O)[C@@H]2CCS(=O)(=O)C2)cc1OC. The van der Waals surface area contributed by atoms with Crippen LogP contribution in [0.4, 0.5) is 0 Å². The minimum absolute atomic E-state index is 0.0569. The number of rotatable bonds is 12. The molecule has 0 saturated carbocycles. The van der Waals surface area contributed by atoms with Crippen molar-refractivity contribution in [2.24, 2.45) is 0 Å². The molecule has 9 heteroatoms. The molecule has 1 heterocycles. The number of sulfone groups is 1. The number of carboxylic acids is 1. The van der Waals surface area contributed by atoms with Gasteiger partial charge in [0.2, 0.25) is 0 Å². The molecular weight excluding hydrogens is 398 g/mol. The minimum atomic E-state index is -3.07. The summed E-state index contributed by atoms with van der Waals surface area (Å²) in [5.74, 6) is 0.232. The van der Waals surface area contributed by atoms with Crippen molar-refractivity contribution < 1.29 is 32.6 Å². The standard InChI is InChI=1S/C20H29NO7S/c1-27-18-8-7-15(12-19(18)28-2)17(22)13-21(10-5-3-4-6-20(23)24)16-9-11-29(25,26)14-16/h7-8,12,16H,3-6,9-11,13-14H2,1-2H3,(H,23,24)/t16-/m1/s1. The molecule has 0 amide bonds. The Morgan fingerprint density at radius 2 is 1.86 bits per heavy atom. The van der Waals surface area contributed by atoms with Gasteiger partial charge in [0.25, 0.3) is 0 Å². The highest BCUT2D eigenvalue weighted by Gasteiger charge is 2.33. The Balaban J connectivity index is 2.05. The third-order valence-corrected chi connectivity index (χ3v) is 6.86. The third kappa shape index (κ3) is 7.01. The van der Waals surface area contributed by atoms with Gasteiger partial charge in [-0.25, -0.2) is 8.42 Å². The first-order valence-electron chi connectivity index (χ1n) is 9.67. The summed E-state index contributed by atoms with van der Waals surface area (Å²) in [6.45, 7) is 0.660. The van der Waals surface area contributed by atoms with Gasteiger partial charge in [0.1, 0.15) is 0 Å². The maximum Gasteiger partial charge on any atom is 0.303 e. The molecule has 1 N–H and O–H groups in total. The molecule has 0 aliphatic carbocycles. The van der Waals surface area contributed by atoms with Crippen molar-refractivity contribution in [2.75, 3.05) is 38.8 Å². The highest BCUT2D eigenvalue weighted by molar-refractivity contribution is 7.91. The van der Waals surface area contributed by atoms with Crippen molar-refractivity contribution >= 4 is 21.6 Å². The summed E-state index contributed by atoms with van der Waals surface area (Å²) in [5.41, 5.74) is 0.472. The molecular formula is C20H29NO7S.